The monoisotopic (exact) mass is 162 g/mol. The topological polar surface area (TPSA) is 80.9 Å². The third-order valence-electron chi connectivity index (χ3n) is 0.421. The summed E-state index contributed by atoms with van der Waals surface area (Å²) in [6.07, 6.45) is -0.954. The summed E-state index contributed by atoms with van der Waals surface area (Å²) >= 11 is 0. The molecule has 0 aromatic heterocycles. The molecule has 60 valence electrons. The summed E-state index contributed by atoms with van der Waals surface area (Å²) in [5.74, 6) is 0. The van der Waals surface area contributed by atoms with Crippen LogP contribution in [0.3, 0.4) is 0 Å². The van der Waals surface area contributed by atoms with Crippen molar-refractivity contribution in [3.63, 3.8) is 0 Å². The molecule has 0 saturated heterocycles. The SMILES string of the molecule is CCO.OCC(O)CO.[H-].[Na+]. The van der Waals surface area contributed by atoms with E-state index in [0.717, 1.165) is 0 Å². The van der Waals surface area contributed by atoms with Gasteiger partial charge in [0.15, 0.2) is 0 Å². The molecule has 0 aliphatic heterocycles. The van der Waals surface area contributed by atoms with Gasteiger partial charge in [0.2, 0.25) is 0 Å². The molecule has 4 N–H and O–H groups in total. The smallest absolute Gasteiger partial charge is 1.00 e. The minimum absolute atomic E-state index is 0. The van der Waals surface area contributed by atoms with Gasteiger partial charge in [0.1, 0.15) is 6.10 Å². The van der Waals surface area contributed by atoms with Crippen LogP contribution in [-0.4, -0.2) is 46.4 Å². The van der Waals surface area contributed by atoms with E-state index in [1.165, 1.54) is 0 Å². The Morgan fingerprint density at radius 2 is 1.40 bits per heavy atom. The Bertz CT molecular complexity index is 45.5. The van der Waals surface area contributed by atoms with E-state index in [1.807, 2.05) is 0 Å². The molecule has 4 nitrogen and oxygen atoms in total. The zero-order valence-electron chi connectivity index (χ0n) is 7.49. The fourth-order valence-electron chi connectivity index (χ4n) is 0.0577. The molecule has 0 amide bonds. The van der Waals surface area contributed by atoms with Crippen molar-refractivity contribution >= 4 is 0 Å². The van der Waals surface area contributed by atoms with Crippen molar-refractivity contribution in [3.05, 3.63) is 0 Å². The van der Waals surface area contributed by atoms with Crippen LogP contribution in [0.1, 0.15) is 8.35 Å². The van der Waals surface area contributed by atoms with Crippen LogP contribution in [0, 0.1) is 0 Å². The average Bonchev–Trinajstić information content (AvgIpc) is 1.88. The molecule has 0 radical (unpaired) electrons. The summed E-state index contributed by atoms with van der Waals surface area (Å²) in [7, 11) is 0. The van der Waals surface area contributed by atoms with Gasteiger partial charge in [0, 0.05) is 6.61 Å². The molecule has 0 rings (SSSR count). The first-order valence-corrected chi connectivity index (χ1v) is 2.73. The Kier molecular flexibility index (Phi) is 28.1. The molecule has 10 heavy (non-hydrogen) atoms. The minimum atomic E-state index is -0.954. The van der Waals surface area contributed by atoms with Crippen LogP contribution in [0.2, 0.25) is 0 Å². The van der Waals surface area contributed by atoms with Crippen molar-refractivity contribution in [3.8, 4) is 0 Å². The minimum Gasteiger partial charge on any atom is -1.00 e. The van der Waals surface area contributed by atoms with Gasteiger partial charge in [-0.1, -0.05) is 0 Å². The van der Waals surface area contributed by atoms with E-state index < -0.39 is 6.10 Å². The Labute approximate surface area is 84.3 Å². The molecule has 0 atom stereocenters. The molecule has 5 heteroatoms. The standard InChI is InChI=1S/C3H8O3.C2H6O.Na.H/c4-1-3(6)2-5;1-2-3;;/h3-6H,1-2H2;3H,2H2,1H3;;/q;;+1;-1. The zero-order valence-corrected chi connectivity index (χ0v) is 8.49. The van der Waals surface area contributed by atoms with E-state index in [9.17, 15) is 0 Å². The van der Waals surface area contributed by atoms with Gasteiger partial charge < -0.3 is 21.9 Å². The molecule has 0 heterocycles. The maximum absolute atomic E-state index is 8.17. The van der Waals surface area contributed by atoms with Crippen LogP contribution in [0.15, 0.2) is 0 Å². The van der Waals surface area contributed by atoms with Crippen molar-refractivity contribution in [1.82, 2.24) is 0 Å². The molecule has 0 aliphatic carbocycles. The largest absolute Gasteiger partial charge is 1.00 e. The second-order valence-electron chi connectivity index (χ2n) is 1.34. The molecule has 0 fully saturated rings. The number of aliphatic hydroxyl groups is 4. The molecular weight excluding hydrogens is 147 g/mol. The van der Waals surface area contributed by atoms with E-state index in [4.69, 9.17) is 20.4 Å². The van der Waals surface area contributed by atoms with Gasteiger partial charge in [0.25, 0.3) is 0 Å². The molecule has 0 saturated carbocycles. The summed E-state index contributed by atoms with van der Waals surface area (Å²) in [5.41, 5.74) is 0. The summed E-state index contributed by atoms with van der Waals surface area (Å²) in [5, 5.41) is 31.6. The molecule has 0 aromatic carbocycles. The van der Waals surface area contributed by atoms with Crippen LogP contribution in [0.4, 0.5) is 0 Å². The normalized spacial score (nSPS) is 7.80. The van der Waals surface area contributed by atoms with Gasteiger partial charge in [-0.25, -0.2) is 0 Å². The quantitative estimate of drug-likeness (QED) is 0.308. The van der Waals surface area contributed by atoms with Crippen LogP contribution >= 0.6 is 0 Å². The molecule has 0 spiro atoms. The van der Waals surface area contributed by atoms with Crippen molar-refractivity contribution in [2.75, 3.05) is 19.8 Å². The van der Waals surface area contributed by atoms with Crippen LogP contribution in [0.25, 0.3) is 0 Å². The molecule has 0 aliphatic rings. The molecule has 0 bridgehead atoms. The van der Waals surface area contributed by atoms with Crippen molar-refractivity contribution < 1.29 is 51.4 Å². The summed E-state index contributed by atoms with van der Waals surface area (Å²) in [4.78, 5) is 0. The van der Waals surface area contributed by atoms with E-state index in [-0.39, 0.29) is 50.8 Å². The maximum Gasteiger partial charge on any atom is 1.00 e. The zero-order chi connectivity index (χ0) is 7.70. The average molecular weight is 162 g/mol. The summed E-state index contributed by atoms with van der Waals surface area (Å²) in [6, 6.07) is 0. The molecule has 0 unspecified atom stereocenters. The number of aliphatic hydroxyl groups excluding tert-OH is 4. The third-order valence-corrected chi connectivity index (χ3v) is 0.421. The number of hydrogen-bond donors (Lipinski definition) is 4. The van der Waals surface area contributed by atoms with E-state index in [2.05, 4.69) is 0 Å². The third kappa shape index (κ3) is 23.2. The molecule has 0 aromatic rings. The predicted molar refractivity (Wildman–Crippen MR) is 34.1 cm³/mol. The van der Waals surface area contributed by atoms with Gasteiger partial charge in [-0.05, 0) is 6.92 Å². The van der Waals surface area contributed by atoms with Crippen molar-refractivity contribution in [1.29, 1.82) is 0 Å². The van der Waals surface area contributed by atoms with Gasteiger partial charge >= 0.3 is 29.6 Å². The van der Waals surface area contributed by atoms with Crippen LogP contribution < -0.4 is 29.6 Å². The Balaban J connectivity index is -0.0000000437. The first kappa shape index (κ1) is 17.1. The van der Waals surface area contributed by atoms with E-state index >= 15 is 0 Å². The fraction of sp³-hybridized carbons (Fsp3) is 1.00. The van der Waals surface area contributed by atoms with Gasteiger partial charge in [-0.15, -0.1) is 0 Å². The summed E-state index contributed by atoms with van der Waals surface area (Å²) in [6.45, 7) is 1.20. The first-order chi connectivity index (χ1) is 4.22. The number of rotatable bonds is 2. The first-order valence-electron chi connectivity index (χ1n) is 2.73. The fourth-order valence-corrected chi connectivity index (χ4v) is 0.0577. The van der Waals surface area contributed by atoms with Crippen LogP contribution in [-0.2, 0) is 0 Å². The van der Waals surface area contributed by atoms with Gasteiger partial charge in [0.05, 0.1) is 13.2 Å². The summed E-state index contributed by atoms with van der Waals surface area (Å²) < 4.78 is 0. The Morgan fingerprint density at radius 3 is 1.40 bits per heavy atom. The van der Waals surface area contributed by atoms with Gasteiger partial charge in [-0.3, -0.25) is 0 Å². The second kappa shape index (κ2) is 16.4. The van der Waals surface area contributed by atoms with E-state index in [0.29, 0.717) is 0 Å². The Morgan fingerprint density at radius 1 is 1.20 bits per heavy atom. The van der Waals surface area contributed by atoms with Crippen molar-refractivity contribution in [2.45, 2.75) is 13.0 Å². The Hall–Kier alpha value is 0.840. The molecular formula is C5H15NaO4. The van der Waals surface area contributed by atoms with E-state index in [1.54, 1.807) is 6.92 Å². The maximum atomic E-state index is 8.17. The second-order valence-corrected chi connectivity index (χ2v) is 1.34. The predicted octanol–water partition coefficient (Wildman–Crippen LogP) is -4.55. The van der Waals surface area contributed by atoms with Crippen molar-refractivity contribution in [2.24, 2.45) is 0 Å². The number of hydrogen-bond acceptors (Lipinski definition) is 4. The van der Waals surface area contributed by atoms with Gasteiger partial charge in [-0.2, -0.15) is 0 Å². The van der Waals surface area contributed by atoms with Crippen LogP contribution in [0.5, 0.6) is 0 Å².